The highest BCUT2D eigenvalue weighted by atomic mass is 19.4. The van der Waals surface area contributed by atoms with Gasteiger partial charge in [0, 0.05) is 0 Å². The standard InChI is InChI=1S/C14H11F3N4O2/c1-4-13(2,3)11(22)19-8-5-6-9(18-7-8)10-20-12(23-21-10)14(15,16)17/h1,5-7H,2-3H3,(H,19,22). The van der Waals surface area contributed by atoms with Crippen molar-refractivity contribution in [3.63, 3.8) is 0 Å². The van der Waals surface area contributed by atoms with E-state index >= 15 is 0 Å². The van der Waals surface area contributed by atoms with Crippen molar-refractivity contribution in [1.29, 1.82) is 0 Å². The van der Waals surface area contributed by atoms with Gasteiger partial charge in [-0.15, -0.1) is 6.42 Å². The van der Waals surface area contributed by atoms with Gasteiger partial charge in [-0.05, 0) is 26.0 Å². The molecule has 0 radical (unpaired) electrons. The molecule has 0 aliphatic rings. The highest BCUT2D eigenvalue weighted by Gasteiger charge is 2.38. The van der Waals surface area contributed by atoms with Crippen LogP contribution in [0.15, 0.2) is 22.9 Å². The molecule has 6 nitrogen and oxygen atoms in total. The maximum absolute atomic E-state index is 12.4. The van der Waals surface area contributed by atoms with Gasteiger partial charge in [0.05, 0.1) is 11.9 Å². The van der Waals surface area contributed by atoms with E-state index in [0.29, 0.717) is 5.69 Å². The summed E-state index contributed by atoms with van der Waals surface area (Å²) < 4.78 is 41.3. The van der Waals surface area contributed by atoms with Crippen LogP contribution in [-0.2, 0) is 11.0 Å². The van der Waals surface area contributed by atoms with Crippen LogP contribution >= 0.6 is 0 Å². The van der Waals surface area contributed by atoms with Gasteiger partial charge in [0.15, 0.2) is 0 Å². The van der Waals surface area contributed by atoms with Crippen LogP contribution in [0.5, 0.6) is 0 Å². The molecule has 2 rings (SSSR count). The second-order valence-corrected chi connectivity index (χ2v) is 5.08. The highest BCUT2D eigenvalue weighted by molar-refractivity contribution is 5.96. The van der Waals surface area contributed by atoms with Crippen LogP contribution < -0.4 is 5.32 Å². The lowest BCUT2D eigenvalue weighted by atomic mass is 9.94. The van der Waals surface area contributed by atoms with Gasteiger partial charge in [0.2, 0.25) is 11.7 Å². The number of rotatable bonds is 3. The summed E-state index contributed by atoms with van der Waals surface area (Å²) in [5.74, 6) is 0.173. The Hall–Kier alpha value is -2.89. The lowest BCUT2D eigenvalue weighted by Crippen LogP contribution is -2.29. The first-order valence-corrected chi connectivity index (χ1v) is 6.30. The SMILES string of the molecule is C#CC(C)(C)C(=O)Nc1ccc(-c2noc(C(F)(F)F)n2)nc1. The summed E-state index contributed by atoms with van der Waals surface area (Å²) in [6, 6.07) is 2.79. The molecular formula is C14H11F3N4O2. The number of nitrogens with zero attached hydrogens (tertiary/aromatic N) is 3. The molecule has 0 unspecified atom stereocenters. The summed E-state index contributed by atoms with van der Waals surface area (Å²) >= 11 is 0. The van der Waals surface area contributed by atoms with Crippen molar-refractivity contribution in [1.82, 2.24) is 15.1 Å². The van der Waals surface area contributed by atoms with Gasteiger partial charge in [-0.3, -0.25) is 9.78 Å². The summed E-state index contributed by atoms with van der Waals surface area (Å²) in [5, 5.41) is 5.77. The quantitative estimate of drug-likeness (QED) is 0.878. The van der Waals surface area contributed by atoms with Crippen molar-refractivity contribution in [2.75, 3.05) is 5.32 Å². The van der Waals surface area contributed by atoms with Gasteiger partial charge in [0.25, 0.3) is 0 Å². The van der Waals surface area contributed by atoms with Gasteiger partial charge < -0.3 is 9.84 Å². The molecule has 0 aliphatic carbocycles. The molecule has 2 aromatic rings. The Balaban J connectivity index is 2.16. The molecule has 0 saturated carbocycles. The van der Waals surface area contributed by atoms with Crippen molar-refractivity contribution in [2.24, 2.45) is 5.41 Å². The lowest BCUT2D eigenvalue weighted by Gasteiger charge is -2.16. The lowest BCUT2D eigenvalue weighted by molar-refractivity contribution is -0.159. The van der Waals surface area contributed by atoms with E-state index in [-0.39, 0.29) is 11.5 Å². The second-order valence-electron chi connectivity index (χ2n) is 5.08. The minimum absolute atomic E-state index is 0.0680. The molecule has 1 amide bonds. The average Bonchev–Trinajstić information content (AvgIpc) is 2.98. The largest absolute Gasteiger partial charge is 0.471 e. The second kappa shape index (κ2) is 5.72. The van der Waals surface area contributed by atoms with E-state index < -0.39 is 23.4 Å². The number of amides is 1. The number of hydrogen-bond donors (Lipinski definition) is 1. The number of carbonyl (C=O) groups excluding carboxylic acids is 1. The van der Waals surface area contributed by atoms with Crippen LogP contribution in [-0.4, -0.2) is 21.0 Å². The van der Waals surface area contributed by atoms with Crippen LogP contribution in [0, 0.1) is 17.8 Å². The fourth-order valence-electron chi connectivity index (χ4n) is 1.40. The Labute approximate surface area is 129 Å². The summed E-state index contributed by atoms with van der Waals surface area (Å²) in [5.41, 5.74) is -0.603. The summed E-state index contributed by atoms with van der Waals surface area (Å²) in [7, 11) is 0. The molecule has 0 atom stereocenters. The number of aromatic nitrogens is 3. The minimum atomic E-state index is -4.72. The number of terminal acetylenes is 1. The van der Waals surface area contributed by atoms with Crippen molar-refractivity contribution < 1.29 is 22.5 Å². The monoisotopic (exact) mass is 324 g/mol. The maximum atomic E-state index is 12.4. The van der Waals surface area contributed by atoms with E-state index in [0.717, 1.165) is 0 Å². The predicted octanol–water partition coefficient (Wildman–Crippen LogP) is 2.75. The normalized spacial score (nSPS) is 11.8. The van der Waals surface area contributed by atoms with Gasteiger partial charge in [0.1, 0.15) is 11.1 Å². The molecule has 2 heterocycles. The fraction of sp³-hybridized carbons (Fsp3) is 0.286. The Morgan fingerprint density at radius 3 is 2.52 bits per heavy atom. The Kier molecular flexibility index (Phi) is 4.10. The van der Waals surface area contributed by atoms with Crippen molar-refractivity contribution in [3.8, 4) is 23.9 Å². The van der Waals surface area contributed by atoms with E-state index in [1.165, 1.54) is 18.3 Å². The molecule has 0 fully saturated rings. The molecule has 1 N–H and O–H groups in total. The van der Waals surface area contributed by atoms with E-state index in [1.54, 1.807) is 13.8 Å². The fourth-order valence-corrected chi connectivity index (χ4v) is 1.40. The molecular weight excluding hydrogens is 313 g/mol. The number of hydrogen-bond acceptors (Lipinski definition) is 5. The van der Waals surface area contributed by atoms with Crippen LogP contribution in [0.4, 0.5) is 18.9 Å². The van der Waals surface area contributed by atoms with E-state index in [9.17, 15) is 18.0 Å². The number of carbonyl (C=O) groups is 1. The van der Waals surface area contributed by atoms with Gasteiger partial charge in [-0.2, -0.15) is 18.2 Å². The first-order valence-electron chi connectivity index (χ1n) is 6.30. The molecule has 9 heteroatoms. The predicted molar refractivity (Wildman–Crippen MR) is 73.8 cm³/mol. The molecule has 0 aliphatic heterocycles. The van der Waals surface area contributed by atoms with Crippen molar-refractivity contribution >= 4 is 11.6 Å². The number of anilines is 1. The Morgan fingerprint density at radius 1 is 1.35 bits per heavy atom. The number of pyridine rings is 1. The van der Waals surface area contributed by atoms with Crippen LogP contribution in [0.2, 0.25) is 0 Å². The Bertz CT molecular complexity index is 758. The zero-order valence-corrected chi connectivity index (χ0v) is 12.1. The average molecular weight is 324 g/mol. The molecule has 120 valence electrons. The van der Waals surface area contributed by atoms with Crippen LogP contribution in [0.25, 0.3) is 11.5 Å². The summed E-state index contributed by atoms with van der Waals surface area (Å²) in [6.07, 6.45) is 1.78. The van der Waals surface area contributed by atoms with E-state index in [4.69, 9.17) is 6.42 Å². The number of nitrogens with one attached hydrogen (secondary N) is 1. The summed E-state index contributed by atoms with van der Waals surface area (Å²) in [4.78, 5) is 19.0. The first-order chi connectivity index (χ1) is 10.6. The molecule has 2 aromatic heterocycles. The molecule has 0 spiro atoms. The van der Waals surface area contributed by atoms with Crippen molar-refractivity contribution in [3.05, 3.63) is 24.2 Å². The maximum Gasteiger partial charge on any atom is 0.471 e. The van der Waals surface area contributed by atoms with Crippen molar-refractivity contribution in [2.45, 2.75) is 20.0 Å². The Morgan fingerprint density at radius 2 is 2.04 bits per heavy atom. The minimum Gasteiger partial charge on any atom is -0.329 e. The first kappa shape index (κ1) is 16.5. The van der Waals surface area contributed by atoms with Gasteiger partial charge >= 0.3 is 12.1 Å². The zero-order valence-electron chi connectivity index (χ0n) is 12.1. The molecule has 0 aromatic carbocycles. The zero-order chi connectivity index (χ0) is 17.3. The molecule has 0 bridgehead atoms. The number of halogens is 3. The third-order valence-corrected chi connectivity index (χ3v) is 2.85. The third kappa shape index (κ3) is 3.66. The smallest absolute Gasteiger partial charge is 0.329 e. The third-order valence-electron chi connectivity index (χ3n) is 2.85. The van der Waals surface area contributed by atoms with Crippen LogP contribution in [0.3, 0.4) is 0 Å². The van der Waals surface area contributed by atoms with Gasteiger partial charge in [-0.25, -0.2) is 0 Å². The van der Waals surface area contributed by atoms with E-state index in [1.807, 2.05) is 0 Å². The van der Waals surface area contributed by atoms with Crippen LogP contribution in [0.1, 0.15) is 19.7 Å². The van der Waals surface area contributed by atoms with Gasteiger partial charge in [-0.1, -0.05) is 11.1 Å². The summed E-state index contributed by atoms with van der Waals surface area (Å²) in [6.45, 7) is 3.14. The highest BCUT2D eigenvalue weighted by Crippen LogP contribution is 2.29. The topological polar surface area (TPSA) is 80.9 Å². The number of alkyl halides is 3. The molecule has 0 saturated heterocycles. The molecule has 23 heavy (non-hydrogen) atoms. The van der Waals surface area contributed by atoms with E-state index in [2.05, 4.69) is 30.9 Å².